The molecule has 2 rings (SSSR count). The van der Waals surface area contributed by atoms with E-state index < -0.39 is 0 Å². The Balaban J connectivity index is 1.72. The highest BCUT2D eigenvalue weighted by Crippen LogP contribution is 2.25. The Morgan fingerprint density at radius 3 is 2.82 bits per heavy atom. The van der Waals surface area contributed by atoms with Gasteiger partial charge in [-0.2, -0.15) is 0 Å². The summed E-state index contributed by atoms with van der Waals surface area (Å²) in [5.74, 6) is 0.619. The van der Waals surface area contributed by atoms with Crippen LogP contribution >= 0.6 is 0 Å². The summed E-state index contributed by atoms with van der Waals surface area (Å²) in [6.07, 6.45) is 7.43. The molecular formula is C13H24N2O2. The fourth-order valence-corrected chi connectivity index (χ4v) is 2.95. The Hall–Kier alpha value is -0.610. The quantitative estimate of drug-likeness (QED) is 0.776. The molecule has 4 nitrogen and oxygen atoms in total. The minimum atomic E-state index is 0.140. The molecule has 1 heterocycles. The lowest BCUT2D eigenvalue weighted by atomic mass is 10.0. The zero-order chi connectivity index (χ0) is 12.1. The highest BCUT2D eigenvalue weighted by atomic mass is 16.5. The average Bonchev–Trinajstić information content (AvgIpc) is 2.77. The summed E-state index contributed by atoms with van der Waals surface area (Å²) < 4.78 is 5.58. The molecule has 0 spiro atoms. The number of rotatable bonds is 4. The molecule has 3 N–H and O–H groups in total. The Morgan fingerprint density at radius 1 is 1.24 bits per heavy atom. The molecule has 1 amide bonds. The van der Waals surface area contributed by atoms with Crippen molar-refractivity contribution in [1.29, 1.82) is 0 Å². The first-order valence-electron chi connectivity index (χ1n) is 6.90. The molecule has 0 bridgehead atoms. The molecule has 2 aliphatic rings. The Kier molecular flexibility index (Phi) is 4.80. The first-order chi connectivity index (χ1) is 8.29. The van der Waals surface area contributed by atoms with E-state index in [1.54, 1.807) is 0 Å². The molecule has 3 atom stereocenters. The van der Waals surface area contributed by atoms with Crippen LogP contribution < -0.4 is 11.1 Å². The van der Waals surface area contributed by atoms with Crippen LogP contribution in [0.15, 0.2) is 0 Å². The second-order valence-corrected chi connectivity index (χ2v) is 5.29. The third-order valence-corrected chi connectivity index (χ3v) is 4.00. The molecule has 0 radical (unpaired) electrons. The van der Waals surface area contributed by atoms with Crippen molar-refractivity contribution in [2.24, 2.45) is 11.7 Å². The second kappa shape index (κ2) is 6.36. The minimum Gasteiger partial charge on any atom is -0.378 e. The van der Waals surface area contributed by atoms with Gasteiger partial charge in [0.15, 0.2) is 0 Å². The van der Waals surface area contributed by atoms with Crippen molar-refractivity contribution >= 4 is 5.91 Å². The van der Waals surface area contributed by atoms with Crippen LogP contribution in [0.25, 0.3) is 0 Å². The Bertz CT molecular complexity index is 252. The average molecular weight is 240 g/mol. The molecule has 0 aromatic carbocycles. The van der Waals surface area contributed by atoms with E-state index in [0.717, 1.165) is 32.3 Å². The van der Waals surface area contributed by atoms with Gasteiger partial charge in [-0.3, -0.25) is 4.79 Å². The second-order valence-electron chi connectivity index (χ2n) is 5.29. The van der Waals surface area contributed by atoms with Gasteiger partial charge in [0.2, 0.25) is 5.91 Å². The first kappa shape index (κ1) is 12.8. The van der Waals surface area contributed by atoms with Gasteiger partial charge >= 0.3 is 0 Å². The molecule has 98 valence electrons. The van der Waals surface area contributed by atoms with Crippen molar-refractivity contribution in [2.45, 2.75) is 57.1 Å². The number of nitrogens with one attached hydrogen (secondary N) is 1. The van der Waals surface area contributed by atoms with Gasteiger partial charge < -0.3 is 15.8 Å². The van der Waals surface area contributed by atoms with Gasteiger partial charge in [0, 0.05) is 12.6 Å². The first-order valence-corrected chi connectivity index (χ1v) is 6.90. The van der Waals surface area contributed by atoms with Crippen LogP contribution in [0.3, 0.4) is 0 Å². The standard InChI is InChI=1S/C13H24N2O2/c14-9-10-4-3-6-12(10)15-13(16)8-11-5-1-2-7-17-11/h10-12H,1-9,14H2,(H,15,16). The van der Waals surface area contributed by atoms with Gasteiger partial charge in [-0.1, -0.05) is 6.42 Å². The zero-order valence-corrected chi connectivity index (χ0v) is 10.5. The van der Waals surface area contributed by atoms with Crippen LogP contribution in [0.1, 0.15) is 44.9 Å². The number of carbonyl (C=O) groups is 1. The molecule has 4 heteroatoms. The monoisotopic (exact) mass is 240 g/mol. The summed E-state index contributed by atoms with van der Waals surface area (Å²) in [6, 6.07) is 0.302. The lowest BCUT2D eigenvalue weighted by molar-refractivity contribution is -0.125. The predicted molar refractivity (Wildman–Crippen MR) is 66.5 cm³/mol. The summed E-state index contributed by atoms with van der Waals surface area (Å²) >= 11 is 0. The summed E-state index contributed by atoms with van der Waals surface area (Å²) in [5.41, 5.74) is 5.71. The maximum absolute atomic E-state index is 11.9. The van der Waals surface area contributed by atoms with Crippen molar-refractivity contribution < 1.29 is 9.53 Å². The number of hydrogen-bond acceptors (Lipinski definition) is 3. The molecular weight excluding hydrogens is 216 g/mol. The predicted octanol–water partition coefficient (Wildman–Crippen LogP) is 1.19. The number of amides is 1. The number of ether oxygens (including phenoxy) is 1. The summed E-state index contributed by atoms with van der Waals surface area (Å²) in [6.45, 7) is 1.50. The molecule has 0 aromatic rings. The van der Waals surface area contributed by atoms with E-state index in [-0.39, 0.29) is 12.0 Å². The fourth-order valence-electron chi connectivity index (χ4n) is 2.95. The van der Waals surface area contributed by atoms with Crippen molar-refractivity contribution in [2.75, 3.05) is 13.2 Å². The SMILES string of the molecule is NCC1CCCC1NC(=O)CC1CCCCO1. The van der Waals surface area contributed by atoms with Crippen molar-refractivity contribution in [3.63, 3.8) is 0 Å². The number of carbonyl (C=O) groups excluding carboxylic acids is 1. The molecule has 1 aliphatic heterocycles. The highest BCUT2D eigenvalue weighted by molar-refractivity contribution is 5.76. The van der Waals surface area contributed by atoms with Gasteiger partial charge in [0.25, 0.3) is 0 Å². The highest BCUT2D eigenvalue weighted by Gasteiger charge is 2.28. The van der Waals surface area contributed by atoms with Crippen LogP contribution in [0.2, 0.25) is 0 Å². The smallest absolute Gasteiger partial charge is 0.222 e. The number of hydrogen-bond donors (Lipinski definition) is 2. The lowest BCUT2D eigenvalue weighted by Crippen LogP contribution is -2.41. The maximum atomic E-state index is 11.9. The molecule has 0 aromatic heterocycles. The van der Waals surface area contributed by atoms with E-state index in [2.05, 4.69) is 5.32 Å². The normalized spacial score (nSPS) is 33.6. The maximum Gasteiger partial charge on any atom is 0.222 e. The van der Waals surface area contributed by atoms with Crippen molar-refractivity contribution in [3.8, 4) is 0 Å². The summed E-state index contributed by atoms with van der Waals surface area (Å²) in [4.78, 5) is 11.9. The van der Waals surface area contributed by atoms with E-state index in [1.807, 2.05) is 0 Å². The van der Waals surface area contributed by atoms with Gasteiger partial charge in [0.05, 0.1) is 12.5 Å². The van der Waals surface area contributed by atoms with E-state index in [4.69, 9.17) is 10.5 Å². The third-order valence-electron chi connectivity index (χ3n) is 4.00. The van der Waals surface area contributed by atoms with Crippen LogP contribution in [0.4, 0.5) is 0 Å². The Morgan fingerprint density at radius 2 is 2.12 bits per heavy atom. The van der Waals surface area contributed by atoms with E-state index in [9.17, 15) is 4.79 Å². The van der Waals surface area contributed by atoms with Crippen LogP contribution in [-0.2, 0) is 9.53 Å². The topological polar surface area (TPSA) is 64.3 Å². The van der Waals surface area contributed by atoms with E-state index >= 15 is 0 Å². The van der Waals surface area contributed by atoms with Crippen LogP contribution in [0.5, 0.6) is 0 Å². The van der Waals surface area contributed by atoms with Gasteiger partial charge in [-0.05, 0) is 44.6 Å². The third kappa shape index (κ3) is 3.68. The molecule has 17 heavy (non-hydrogen) atoms. The van der Waals surface area contributed by atoms with Crippen LogP contribution in [-0.4, -0.2) is 31.2 Å². The van der Waals surface area contributed by atoms with Gasteiger partial charge in [0.1, 0.15) is 0 Å². The number of nitrogens with two attached hydrogens (primary N) is 1. The summed E-state index contributed by atoms with van der Waals surface area (Å²) in [7, 11) is 0. The largest absolute Gasteiger partial charge is 0.378 e. The Labute approximate surface area is 103 Å². The van der Waals surface area contributed by atoms with E-state index in [1.165, 1.54) is 12.8 Å². The fraction of sp³-hybridized carbons (Fsp3) is 0.923. The molecule has 2 fully saturated rings. The van der Waals surface area contributed by atoms with Gasteiger partial charge in [-0.25, -0.2) is 0 Å². The molecule has 3 unspecified atom stereocenters. The zero-order valence-electron chi connectivity index (χ0n) is 10.5. The van der Waals surface area contributed by atoms with Crippen molar-refractivity contribution in [1.82, 2.24) is 5.32 Å². The van der Waals surface area contributed by atoms with Gasteiger partial charge in [-0.15, -0.1) is 0 Å². The molecule has 1 saturated heterocycles. The lowest BCUT2D eigenvalue weighted by Gasteiger charge is -2.24. The summed E-state index contributed by atoms with van der Waals surface area (Å²) in [5, 5.41) is 3.13. The molecule has 1 aliphatic carbocycles. The van der Waals surface area contributed by atoms with Crippen LogP contribution in [0, 0.1) is 5.92 Å². The minimum absolute atomic E-state index is 0.140. The van der Waals surface area contributed by atoms with Crippen molar-refractivity contribution in [3.05, 3.63) is 0 Å². The van der Waals surface area contributed by atoms with E-state index in [0.29, 0.717) is 24.9 Å². The molecule has 1 saturated carbocycles.